The van der Waals surface area contributed by atoms with E-state index in [0.717, 1.165) is 27.4 Å². The Morgan fingerprint density at radius 3 is 2.35 bits per heavy atom. The summed E-state index contributed by atoms with van der Waals surface area (Å²) in [4.78, 5) is 42.8. The van der Waals surface area contributed by atoms with Crippen LogP contribution in [0.25, 0.3) is 22.6 Å². The highest BCUT2D eigenvalue weighted by atomic mass is 16.5. The first-order valence-electron chi connectivity index (χ1n) is 10.1. The van der Waals surface area contributed by atoms with Crippen LogP contribution in [0, 0.1) is 13.8 Å². The maximum Gasteiger partial charge on any atom is 0.333 e. The fourth-order valence-corrected chi connectivity index (χ4v) is 3.91. The zero-order valence-electron chi connectivity index (χ0n) is 18.5. The van der Waals surface area contributed by atoms with E-state index in [1.54, 1.807) is 18.4 Å². The molecule has 3 aromatic heterocycles. The molecule has 1 atom stereocenters. The van der Waals surface area contributed by atoms with Gasteiger partial charge >= 0.3 is 5.69 Å². The molecule has 0 radical (unpaired) electrons. The SMILES string of the molecule is CCOc1ccc(-n2c(C)c(C)n3c4c(=O)n([C@H](C)C(C)=O)c(=O)n(C)c4nc23)cc1. The van der Waals surface area contributed by atoms with Crippen molar-refractivity contribution in [1.29, 1.82) is 0 Å². The van der Waals surface area contributed by atoms with Gasteiger partial charge < -0.3 is 4.74 Å². The van der Waals surface area contributed by atoms with Gasteiger partial charge in [0.05, 0.1) is 12.6 Å². The summed E-state index contributed by atoms with van der Waals surface area (Å²) >= 11 is 0. The lowest BCUT2D eigenvalue weighted by atomic mass is 10.2. The highest BCUT2D eigenvalue weighted by Crippen LogP contribution is 2.26. The van der Waals surface area contributed by atoms with E-state index in [1.165, 1.54) is 11.5 Å². The minimum absolute atomic E-state index is 0.265. The van der Waals surface area contributed by atoms with Crippen molar-refractivity contribution in [2.45, 2.75) is 40.7 Å². The predicted molar refractivity (Wildman–Crippen MR) is 118 cm³/mol. The maximum absolute atomic E-state index is 13.4. The van der Waals surface area contributed by atoms with Gasteiger partial charge in [-0.1, -0.05) is 0 Å². The van der Waals surface area contributed by atoms with Crippen molar-refractivity contribution in [3.63, 3.8) is 0 Å². The Labute approximate surface area is 178 Å². The smallest absolute Gasteiger partial charge is 0.333 e. The van der Waals surface area contributed by atoms with Gasteiger partial charge in [0.1, 0.15) is 5.75 Å². The van der Waals surface area contributed by atoms with Gasteiger partial charge in [-0.25, -0.2) is 9.36 Å². The molecule has 0 aliphatic carbocycles. The summed E-state index contributed by atoms with van der Waals surface area (Å²) in [6.07, 6.45) is 0. The van der Waals surface area contributed by atoms with E-state index >= 15 is 0 Å². The number of carbonyl (C=O) groups excluding carboxylic acids is 1. The number of benzene rings is 1. The van der Waals surface area contributed by atoms with Gasteiger partial charge in [-0.15, -0.1) is 0 Å². The number of rotatable bonds is 5. The van der Waals surface area contributed by atoms with Crippen molar-refractivity contribution in [3.05, 3.63) is 56.5 Å². The Morgan fingerprint density at radius 2 is 1.77 bits per heavy atom. The van der Waals surface area contributed by atoms with E-state index in [2.05, 4.69) is 4.98 Å². The molecule has 0 aliphatic heterocycles. The number of aryl methyl sites for hydroxylation is 2. The number of Topliss-reactive ketones (excluding diaryl/α,β-unsaturated/α-hetero) is 1. The van der Waals surface area contributed by atoms with E-state index in [-0.39, 0.29) is 16.9 Å². The molecule has 9 heteroatoms. The highest BCUT2D eigenvalue weighted by molar-refractivity contribution is 5.81. The molecule has 0 unspecified atom stereocenters. The standard InChI is InChI=1S/C22H25N5O4/c1-7-31-17-10-8-16(9-11-17)25-12(2)13(3)26-18-19(23-21(25)26)24(6)22(30)27(20(18)29)14(4)15(5)28/h8-11,14H,7H2,1-6H3/t14-/m1/s1. The average molecular weight is 423 g/mol. The van der Waals surface area contributed by atoms with E-state index in [4.69, 9.17) is 4.74 Å². The number of hydrogen-bond acceptors (Lipinski definition) is 5. The number of hydrogen-bond donors (Lipinski definition) is 0. The first kappa shape index (κ1) is 20.6. The van der Waals surface area contributed by atoms with Crippen LogP contribution in [0.5, 0.6) is 5.75 Å². The van der Waals surface area contributed by atoms with Gasteiger partial charge in [0.25, 0.3) is 5.56 Å². The largest absolute Gasteiger partial charge is 0.494 e. The Balaban J connectivity index is 2.09. The Hall–Kier alpha value is -3.62. The molecular formula is C22H25N5O4. The van der Waals surface area contributed by atoms with Gasteiger partial charge in [-0.3, -0.25) is 23.1 Å². The van der Waals surface area contributed by atoms with Crippen molar-refractivity contribution in [2.24, 2.45) is 7.05 Å². The van der Waals surface area contributed by atoms with Gasteiger partial charge in [-0.05, 0) is 58.9 Å². The second-order valence-corrected chi connectivity index (χ2v) is 7.66. The lowest BCUT2D eigenvalue weighted by molar-refractivity contribution is -0.119. The molecule has 0 N–H and O–H groups in total. The molecule has 4 aromatic rings. The zero-order valence-corrected chi connectivity index (χ0v) is 18.5. The molecule has 0 saturated heterocycles. The third kappa shape index (κ3) is 2.91. The summed E-state index contributed by atoms with van der Waals surface area (Å²) in [5, 5.41) is 0. The quantitative estimate of drug-likeness (QED) is 0.491. The zero-order chi connectivity index (χ0) is 22.6. The number of imidazole rings is 2. The molecule has 4 rings (SSSR count). The second kappa shape index (κ2) is 7.26. The number of aromatic nitrogens is 5. The number of carbonyl (C=O) groups is 1. The molecule has 0 fully saturated rings. The minimum Gasteiger partial charge on any atom is -0.494 e. The first-order valence-corrected chi connectivity index (χ1v) is 10.1. The van der Waals surface area contributed by atoms with E-state index in [9.17, 15) is 14.4 Å². The second-order valence-electron chi connectivity index (χ2n) is 7.66. The number of ketones is 1. The van der Waals surface area contributed by atoms with Crippen LogP contribution in [0.15, 0.2) is 33.9 Å². The molecule has 9 nitrogen and oxygen atoms in total. The van der Waals surface area contributed by atoms with Gasteiger partial charge in [0, 0.05) is 24.1 Å². The van der Waals surface area contributed by atoms with Crippen LogP contribution in [-0.2, 0) is 11.8 Å². The molecule has 0 bridgehead atoms. The molecule has 0 amide bonds. The van der Waals surface area contributed by atoms with Gasteiger partial charge in [-0.2, -0.15) is 4.98 Å². The van der Waals surface area contributed by atoms with Crippen LogP contribution in [0.4, 0.5) is 0 Å². The summed E-state index contributed by atoms with van der Waals surface area (Å²) in [7, 11) is 1.56. The van der Waals surface area contributed by atoms with Crippen molar-refractivity contribution in [1.82, 2.24) is 23.1 Å². The van der Waals surface area contributed by atoms with Crippen molar-refractivity contribution < 1.29 is 9.53 Å². The monoisotopic (exact) mass is 423 g/mol. The minimum atomic E-state index is -0.865. The van der Waals surface area contributed by atoms with Crippen LogP contribution in [0.3, 0.4) is 0 Å². The number of fused-ring (bicyclic) bond motifs is 3. The fraction of sp³-hybridized carbons (Fsp3) is 0.364. The summed E-state index contributed by atoms with van der Waals surface area (Å²) in [5.74, 6) is 1.02. The normalized spacial score (nSPS) is 12.6. The van der Waals surface area contributed by atoms with Gasteiger partial charge in [0.2, 0.25) is 5.78 Å². The summed E-state index contributed by atoms with van der Waals surface area (Å²) < 4.78 is 11.5. The highest BCUT2D eigenvalue weighted by Gasteiger charge is 2.25. The van der Waals surface area contributed by atoms with Crippen molar-refractivity contribution in [3.8, 4) is 11.4 Å². The van der Waals surface area contributed by atoms with Crippen molar-refractivity contribution in [2.75, 3.05) is 6.61 Å². The number of nitrogens with zero attached hydrogens (tertiary/aromatic N) is 5. The van der Waals surface area contributed by atoms with Crippen molar-refractivity contribution >= 4 is 22.7 Å². The molecule has 3 heterocycles. The van der Waals surface area contributed by atoms with Crippen LogP contribution in [0.2, 0.25) is 0 Å². The maximum atomic E-state index is 13.4. The molecule has 162 valence electrons. The summed E-state index contributed by atoms with van der Waals surface area (Å²) in [6, 6.07) is 6.74. The third-order valence-corrected chi connectivity index (χ3v) is 5.85. The molecule has 31 heavy (non-hydrogen) atoms. The summed E-state index contributed by atoms with van der Waals surface area (Å²) in [5.41, 5.74) is 2.05. The Kier molecular flexibility index (Phi) is 4.83. The molecule has 0 aliphatic rings. The topological polar surface area (TPSA) is 92.5 Å². The summed E-state index contributed by atoms with van der Waals surface area (Å²) in [6.45, 7) is 9.28. The van der Waals surface area contributed by atoms with Crippen LogP contribution >= 0.6 is 0 Å². The molecule has 0 saturated carbocycles. The number of ether oxygens (including phenoxy) is 1. The van der Waals surface area contributed by atoms with E-state index in [0.29, 0.717) is 12.4 Å². The van der Waals surface area contributed by atoms with Crippen LogP contribution in [0.1, 0.15) is 38.2 Å². The predicted octanol–water partition coefficient (Wildman–Crippen LogP) is 2.30. The Bertz CT molecular complexity index is 1450. The average Bonchev–Trinajstić information content (AvgIpc) is 3.23. The third-order valence-electron chi connectivity index (χ3n) is 5.85. The lowest BCUT2D eigenvalue weighted by Crippen LogP contribution is -2.42. The Morgan fingerprint density at radius 1 is 1.13 bits per heavy atom. The van der Waals surface area contributed by atoms with E-state index in [1.807, 2.05) is 49.6 Å². The molecular weight excluding hydrogens is 398 g/mol. The van der Waals surface area contributed by atoms with E-state index < -0.39 is 17.3 Å². The van der Waals surface area contributed by atoms with Gasteiger partial charge in [0.15, 0.2) is 16.9 Å². The van der Waals surface area contributed by atoms with Crippen LogP contribution < -0.4 is 16.0 Å². The molecule has 0 spiro atoms. The first-order chi connectivity index (χ1) is 14.7. The fourth-order valence-electron chi connectivity index (χ4n) is 3.91. The molecule has 1 aromatic carbocycles. The lowest BCUT2D eigenvalue weighted by Gasteiger charge is -2.12. The van der Waals surface area contributed by atoms with Crippen LogP contribution in [-0.4, -0.2) is 35.5 Å².